The van der Waals surface area contributed by atoms with E-state index in [1.165, 1.54) is 18.1 Å². The van der Waals surface area contributed by atoms with E-state index in [4.69, 9.17) is 14.2 Å². The Balaban J connectivity index is 1.66. The molecule has 0 spiro atoms. The number of fused-ring (bicyclic) bond motifs is 3. The van der Waals surface area contributed by atoms with Crippen LogP contribution in [-0.4, -0.2) is 65.9 Å². The zero-order valence-corrected chi connectivity index (χ0v) is 23.3. The first kappa shape index (κ1) is 29.0. The smallest absolute Gasteiger partial charge is 0.328 e. The molecule has 2 aliphatic rings. The number of benzene rings is 1. The summed E-state index contributed by atoms with van der Waals surface area (Å²) >= 11 is 0. The van der Waals surface area contributed by atoms with Crippen molar-refractivity contribution < 1.29 is 33.4 Å². The molecule has 0 unspecified atom stereocenters. The molecule has 0 N–H and O–H groups in total. The minimum Gasteiger partial charge on any atom is -0.472 e. The quantitative estimate of drug-likeness (QED) is 0.399. The third-order valence-corrected chi connectivity index (χ3v) is 7.09. The van der Waals surface area contributed by atoms with E-state index >= 15 is 0 Å². The van der Waals surface area contributed by atoms with E-state index in [0.717, 1.165) is 21.9 Å². The van der Waals surface area contributed by atoms with Crippen molar-refractivity contribution in [2.45, 2.75) is 64.5 Å². The van der Waals surface area contributed by atoms with E-state index in [2.05, 4.69) is 4.98 Å². The van der Waals surface area contributed by atoms with Gasteiger partial charge in [0.15, 0.2) is 5.78 Å². The number of carbonyl (C=O) groups excluding carboxylic acids is 4. The fraction of sp³-hybridized carbons (Fsp3) is 0.452. The van der Waals surface area contributed by atoms with Crippen LogP contribution in [0.25, 0.3) is 16.8 Å². The first-order chi connectivity index (χ1) is 19.2. The van der Waals surface area contributed by atoms with E-state index in [9.17, 15) is 19.2 Å². The average molecular weight is 549 g/mol. The van der Waals surface area contributed by atoms with Crippen molar-refractivity contribution in [2.24, 2.45) is 5.92 Å². The van der Waals surface area contributed by atoms with Gasteiger partial charge in [-0.05, 0) is 62.3 Å². The summed E-state index contributed by atoms with van der Waals surface area (Å²) in [5, 5.41) is 1.79. The Morgan fingerprint density at radius 3 is 2.80 bits per heavy atom. The first-order valence-corrected chi connectivity index (χ1v) is 13.7. The molecule has 4 bridgehead atoms. The van der Waals surface area contributed by atoms with Crippen molar-refractivity contribution >= 4 is 40.5 Å². The van der Waals surface area contributed by atoms with Gasteiger partial charge in [0.2, 0.25) is 11.8 Å². The number of rotatable bonds is 5. The molecule has 9 nitrogen and oxygen atoms in total. The largest absolute Gasteiger partial charge is 0.472 e. The van der Waals surface area contributed by atoms with Crippen LogP contribution in [0.5, 0.6) is 5.88 Å². The van der Waals surface area contributed by atoms with Crippen LogP contribution in [0.4, 0.5) is 0 Å². The van der Waals surface area contributed by atoms with E-state index in [0.29, 0.717) is 18.7 Å². The fourth-order valence-corrected chi connectivity index (χ4v) is 5.13. The van der Waals surface area contributed by atoms with Gasteiger partial charge in [0, 0.05) is 30.3 Å². The molecule has 212 valence electrons. The van der Waals surface area contributed by atoms with E-state index in [1.807, 2.05) is 50.3 Å². The Kier molecular flexibility index (Phi) is 9.69. The van der Waals surface area contributed by atoms with Gasteiger partial charge >= 0.3 is 11.9 Å². The number of esters is 2. The molecule has 1 fully saturated rings. The Hall–Kier alpha value is -4.01. The second kappa shape index (κ2) is 13.4. The number of hydrogen-bond donors (Lipinski definition) is 0. The molecule has 1 amide bonds. The van der Waals surface area contributed by atoms with Gasteiger partial charge in [-0.3, -0.25) is 14.4 Å². The fourth-order valence-electron chi connectivity index (χ4n) is 5.13. The third-order valence-electron chi connectivity index (χ3n) is 7.09. The first-order valence-electron chi connectivity index (χ1n) is 13.7. The Morgan fingerprint density at radius 2 is 2.02 bits per heavy atom. The maximum Gasteiger partial charge on any atom is 0.328 e. The Bertz CT molecular complexity index is 1330. The summed E-state index contributed by atoms with van der Waals surface area (Å²) < 4.78 is 16.7. The highest BCUT2D eigenvalue weighted by Crippen LogP contribution is 2.31. The number of aromatic nitrogens is 1. The highest BCUT2D eigenvalue weighted by atomic mass is 16.5. The minimum atomic E-state index is -0.884. The van der Waals surface area contributed by atoms with Gasteiger partial charge < -0.3 is 19.1 Å². The van der Waals surface area contributed by atoms with E-state index in [1.54, 1.807) is 6.20 Å². The molecule has 9 heteroatoms. The lowest BCUT2D eigenvalue weighted by molar-refractivity contribution is -0.154. The van der Waals surface area contributed by atoms with Crippen molar-refractivity contribution in [3.63, 3.8) is 0 Å². The standard InChI is InChI=1S/C31H36N2O7/c1-20(2)15-24(34)11-10-23-17-28(35)39-14-6-4-5-7-21-8-9-22-12-13-32-29(26(22)16-21)40-25-18-27(31(37)38-3)33(19-25)30(23)36/h5,7-9,12-13,15-16,23,25,27H,4,6,10-11,14,17-19H2,1-3H3/b7-5+/t23-,25-,27+/m1/s1. The molecule has 3 atom stereocenters. The number of hydrogen-bond acceptors (Lipinski definition) is 8. The lowest BCUT2D eigenvalue weighted by Crippen LogP contribution is -2.45. The van der Waals surface area contributed by atoms with Crippen LogP contribution in [0, 0.1) is 5.92 Å². The lowest BCUT2D eigenvalue weighted by Gasteiger charge is -2.27. The molecular formula is C31H36N2O7. The summed E-state index contributed by atoms with van der Waals surface area (Å²) in [6, 6.07) is 7.01. The average Bonchev–Trinajstić information content (AvgIpc) is 3.35. The molecule has 1 aromatic carbocycles. The van der Waals surface area contributed by atoms with Crippen molar-refractivity contribution in [3.05, 3.63) is 53.8 Å². The van der Waals surface area contributed by atoms with Gasteiger partial charge in [0.25, 0.3) is 0 Å². The second-order valence-electron chi connectivity index (χ2n) is 10.5. The summed E-state index contributed by atoms with van der Waals surface area (Å²) in [4.78, 5) is 57.6. The normalized spacial score (nSPS) is 22.6. The Labute approximate surface area is 234 Å². The van der Waals surface area contributed by atoms with E-state index < -0.39 is 35.9 Å². The van der Waals surface area contributed by atoms with Crippen LogP contribution in [0.15, 0.2) is 48.2 Å². The van der Waals surface area contributed by atoms with Gasteiger partial charge in [-0.1, -0.05) is 29.9 Å². The number of pyridine rings is 1. The van der Waals surface area contributed by atoms with Crippen LogP contribution in [0.1, 0.15) is 57.9 Å². The molecular weight excluding hydrogens is 512 g/mol. The maximum atomic E-state index is 13.8. The second-order valence-corrected chi connectivity index (χ2v) is 10.5. The number of methoxy groups -OCH3 is 1. The molecule has 0 aliphatic carbocycles. The summed E-state index contributed by atoms with van der Waals surface area (Å²) in [6.45, 7) is 3.98. The van der Waals surface area contributed by atoms with Gasteiger partial charge in [0.05, 0.1) is 26.7 Å². The molecule has 0 saturated carbocycles. The Morgan fingerprint density at radius 1 is 1.20 bits per heavy atom. The number of ether oxygens (including phenoxy) is 3. The highest BCUT2D eigenvalue weighted by Gasteiger charge is 2.44. The van der Waals surface area contributed by atoms with Crippen LogP contribution >= 0.6 is 0 Å². The number of amides is 1. The zero-order valence-electron chi connectivity index (χ0n) is 23.3. The molecule has 1 aromatic heterocycles. The van der Waals surface area contributed by atoms with Gasteiger partial charge in [-0.2, -0.15) is 0 Å². The predicted octanol–water partition coefficient (Wildman–Crippen LogP) is 4.43. The van der Waals surface area contributed by atoms with Crippen molar-refractivity contribution in [2.75, 3.05) is 20.3 Å². The van der Waals surface area contributed by atoms with Crippen LogP contribution in [0.2, 0.25) is 0 Å². The van der Waals surface area contributed by atoms with Gasteiger partial charge in [-0.25, -0.2) is 9.78 Å². The van der Waals surface area contributed by atoms with Crippen molar-refractivity contribution in [1.29, 1.82) is 0 Å². The monoisotopic (exact) mass is 548 g/mol. The molecule has 4 rings (SSSR count). The number of ketones is 1. The predicted molar refractivity (Wildman–Crippen MR) is 149 cm³/mol. The summed E-state index contributed by atoms with van der Waals surface area (Å²) in [7, 11) is 1.27. The highest BCUT2D eigenvalue weighted by molar-refractivity contribution is 5.92. The van der Waals surface area contributed by atoms with Crippen molar-refractivity contribution in [3.8, 4) is 5.88 Å². The summed E-state index contributed by atoms with van der Waals surface area (Å²) in [5.74, 6) is -2.01. The molecule has 0 radical (unpaired) electrons. The topological polar surface area (TPSA) is 112 Å². The van der Waals surface area contributed by atoms with Gasteiger partial charge in [-0.15, -0.1) is 0 Å². The van der Waals surface area contributed by atoms with Crippen LogP contribution in [0.3, 0.4) is 0 Å². The number of allylic oxidation sites excluding steroid dienone is 3. The number of cyclic esters (lactones) is 1. The molecule has 3 heterocycles. The molecule has 40 heavy (non-hydrogen) atoms. The summed E-state index contributed by atoms with van der Waals surface area (Å²) in [6.07, 6.45) is 8.31. The van der Waals surface area contributed by atoms with E-state index in [-0.39, 0.29) is 44.6 Å². The third kappa shape index (κ3) is 7.34. The summed E-state index contributed by atoms with van der Waals surface area (Å²) in [5.41, 5.74) is 1.83. The number of nitrogens with zero attached hydrogens (tertiary/aromatic N) is 2. The minimum absolute atomic E-state index is 0.0958. The zero-order chi connectivity index (χ0) is 28.6. The molecule has 2 aliphatic heterocycles. The molecule has 1 saturated heterocycles. The maximum absolute atomic E-state index is 13.8. The van der Waals surface area contributed by atoms with Gasteiger partial charge in [0.1, 0.15) is 12.1 Å². The van der Waals surface area contributed by atoms with Crippen molar-refractivity contribution in [1.82, 2.24) is 9.88 Å². The molecule has 2 aromatic rings. The SMILES string of the molecule is COC(=O)[C@@H]1C[C@@H]2CN1C(=O)[C@H](CCC(=O)C=C(C)C)CC(=O)OCCC/C=C/c1ccc3ccnc(c3c1)O2. The van der Waals surface area contributed by atoms with Crippen LogP contribution < -0.4 is 4.74 Å². The van der Waals surface area contributed by atoms with Crippen LogP contribution in [-0.2, 0) is 28.7 Å². The number of carbonyl (C=O) groups is 4. The lowest BCUT2D eigenvalue weighted by atomic mass is 9.95.